The molecule has 0 bridgehead atoms. The van der Waals surface area contributed by atoms with E-state index >= 15 is 0 Å². The summed E-state index contributed by atoms with van der Waals surface area (Å²) in [5.41, 5.74) is 8.12. The van der Waals surface area contributed by atoms with Gasteiger partial charge in [-0.1, -0.05) is 36.4 Å². The van der Waals surface area contributed by atoms with Gasteiger partial charge in [0.15, 0.2) is 0 Å². The van der Waals surface area contributed by atoms with Crippen molar-refractivity contribution in [1.29, 1.82) is 0 Å². The lowest BCUT2D eigenvalue weighted by Crippen LogP contribution is -2.15. The fourth-order valence-corrected chi connectivity index (χ4v) is 2.66. The van der Waals surface area contributed by atoms with Crippen molar-refractivity contribution in [1.82, 2.24) is 9.97 Å². The highest BCUT2D eigenvalue weighted by molar-refractivity contribution is 5.97. The minimum Gasteiger partial charge on any atom is -0.366 e. The second-order valence-electron chi connectivity index (χ2n) is 6.15. The first-order valence-electron chi connectivity index (χ1n) is 8.35. The first kappa shape index (κ1) is 19.3. The standard InChI is InChI=1S/C21H16F3N3O/c22-21(23,24)19-7-3-15(4-8-19)10-17(20(25)28)9-14-1-5-16(6-2-14)18-11-26-13-27-12-18/h1-8,10-13H,9H2,(H2,25,28)/b17-10-. The van der Waals surface area contributed by atoms with Crippen LogP contribution < -0.4 is 5.73 Å². The zero-order valence-electron chi connectivity index (χ0n) is 14.6. The Hall–Kier alpha value is -3.48. The number of alkyl halides is 3. The molecule has 0 saturated carbocycles. The Kier molecular flexibility index (Phi) is 5.54. The molecule has 0 aliphatic heterocycles. The van der Waals surface area contributed by atoms with E-state index in [1.54, 1.807) is 12.4 Å². The Balaban J connectivity index is 1.79. The van der Waals surface area contributed by atoms with E-state index in [1.165, 1.54) is 24.5 Å². The van der Waals surface area contributed by atoms with Gasteiger partial charge in [0.1, 0.15) is 6.33 Å². The predicted octanol–water partition coefficient (Wildman–Crippen LogP) is 4.27. The summed E-state index contributed by atoms with van der Waals surface area (Å²) in [4.78, 5) is 19.7. The molecule has 0 fully saturated rings. The van der Waals surface area contributed by atoms with Crippen LogP contribution in [0.5, 0.6) is 0 Å². The average molecular weight is 383 g/mol. The third kappa shape index (κ3) is 4.82. The molecule has 0 atom stereocenters. The number of nitrogens with zero attached hydrogens (tertiary/aromatic N) is 2. The molecule has 0 radical (unpaired) electrons. The van der Waals surface area contributed by atoms with Crippen molar-refractivity contribution in [3.8, 4) is 11.1 Å². The fraction of sp³-hybridized carbons (Fsp3) is 0.0952. The summed E-state index contributed by atoms with van der Waals surface area (Å²) in [6.07, 6.45) is 2.20. The number of rotatable bonds is 5. The Bertz CT molecular complexity index is 980. The highest BCUT2D eigenvalue weighted by atomic mass is 19.4. The number of amides is 1. The van der Waals surface area contributed by atoms with E-state index in [9.17, 15) is 18.0 Å². The maximum absolute atomic E-state index is 12.7. The van der Waals surface area contributed by atoms with Crippen LogP contribution in [0.1, 0.15) is 16.7 Å². The van der Waals surface area contributed by atoms with E-state index in [0.717, 1.165) is 28.8 Å². The van der Waals surface area contributed by atoms with E-state index in [0.29, 0.717) is 11.1 Å². The van der Waals surface area contributed by atoms with Crippen LogP contribution in [-0.2, 0) is 17.4 Å². The van der Waals surface area contributed by atoms with Crippen LogP contribution in [-0.4, -0.2) is 15.9 Å². The maximum Gasteiger partial charge on any atom is 0.416 e. The van der Waals surface area contributed by atoms with Crippen LogP contribution in [0, 0.1) is 0 Å². The number of hydrogen-bond acceptors (Lipinski definition) is 3. The minimum absolute atomic E-state index is 0.266. The lowest BCUT2D eigenvalue weighted by molar-refractivity contribution is -0.137. The zero-order chi connectivity index (χ0) is 20.1. The third-order valence-electron chi connectivity index (χ3n) is 4.14. The molecule has 1 amide bonds. The molecular formula is C21H16F3N3O. The number of carbonyl (C=O) groups excluding carboxylic acids is 1. The first-order valence-corrected chi connectivity index (χ1v) is 8.35. The highest BCUT2D eigenvalue weighted by Gasteiger charge is 2.29. The van der Waals surface area contributed by atoms with E-state index < -0.39 is 17.6 Å². The number of primary amides is 1. The summed E-state index contributed by atoms with van der Waals surface area (Å²) in [6, 6.07) is 12.0. The van der Waals surface area contributed by atoms with Gasteiger partial charge >= 0.3 is 6.18 Å². The van der Waals surface area contributed by atoms with Crippen LogP contribution in [0.2, 0.25) is 0 Å². The third-order valence-corrected chi connectivity index (χ3v) is 4.14. The molecular weight excluding hydrogens is 367 g/mol. The van der Waals surface area contributed by atoms with Crippen molar-refractivity contribution in [2.45, 2.75) is 12.6 Å². The topological polar surface area (TPSA) is 68.9 Å². The SMILES string of the molecule is NC(=O)/C(=C\c1ccc(C(F)(F)F)cc1)Cc1ccc(-c2cncnc2)cc1. The Morgan fingerprint density at radius 1 is 0.929 bits per heavy atom. The van der Waals surface area contributed by atoms with Gasteiger partial charge in [-0.2, -0.15) is 13.2 Å². The second kappa shape index (κ2) is 8.04. The molecule has 3 aromatic rings. The molecule has 0 unspecified atom stereocenters. The van der Waals surface area contributed by atoms with Crippen molar-refractivity contribution < 1.29 is 18.0 Å². The maximum atomic E-state index is 12.7. The molecule has 0 spiro atoms. The highest BCUT2D eigenvalue weighted by Crippen LogP contribution is 2.29. The summed E-state index contributed by atoms with van der Waals surface area (Å²) >= 11 is 0. The summed E-state index contributed by atoms with van der Waals surface area (Å²) in [6.45, 7) is 0. The summed E-state index contributed by atoms with van der Waals surface area (Å²) in [5.74, 6) is -0.625. The number of carbonyl (C=O) groups is 1. The molecule has 0 aliphatic carbocycles. The summed E-state index contributed by atoms with van der Waals surface area (Å²) in [7, 11) is 0. The Morgan fingerprint density at radius 3 is 2.07 bits per heavy atom. The smallest absolute Gasteiger partial charge is 0.366 e. The van der Waals surface area contributed by atoms with Gasteiger partial charge in [-0.25, -0.2) is 9.97 Å². The van der Waals surface area contributed by atoms with Gasteiger partial charge in [0, 0.05) is 30.0 Å². The first-order chi connectivity index (χ1) is 13.3. The molecule has 3 rings (SSSR count). The molecule has 2 N–H and O–H groups in total. The predicted molar refractivity (Wildman–Crippen MR) is 99.8 cm³/mol. The zero-order valence-corrected chi connectivity index (χ0v) is 14.6. The molecule has 1 aromatic heterocycles. The van der Waals surface area contributed by atoms with E-state index in [1.807, 2.05) is 24.3 Å². The normalized spacial score (nSPS) is 12.0. The van der Waals surface area contributed by atoms with E-state index in [-0.39, 0.29) is 6.42 Å². The number of halogens is 3. The van der Waals surface area contributed by atoms with Crippen molar-refractivity contribution in [3.63, 3.8) is 0 Å². The Labute approximate surface area is 159 Å². The molecule has 4 nitrogen and oxygen atoms in total. The van der Waals surface area contributed by atoms with Crippen molar-refractivity contribution in [2.24, 2.45) is 5.73 Å². The van der Waals surface area contributed by atoms with Gasteiger partial charge in [0.05, 0.1) is 5.56 Å². The van der Waals surface area contributed by atoms with Gasteiger partial charge < -0.3 is 5.73 Å². The van der Waals surface area contributed by atoms with Crippen molar-refractivity contribution in [2.75, 3.05) is 0 Å². The molecule has 7 heteroatoms. The van der Waals surface area contributed by atoms with Gasteiger partial charge in [-0.05, 0) is 34.9 Å². The molecule has 1 heterocycles. The lowest BCUT2D eigenvalue weighted by atomic mass is 9.99. The van der Waals surface area contributed by atoms with Gasteiger partial charge in [-0.3, -0.25) is 4.79 Å². The quantitative estimate of drug-likeness (QED) is 0.669. The number of nitrogens with two attached hydrogens (primary N) is 1. The van der Waals surface area contributed by atoms with Crippen LogP contribution in [0.25, 0.3) is 17.2 Å². The van der Waals surface area contributed by atoms with Gasteiger partial charge in [0.25, 0.3) is 0 Å². The molecule has 0 aliphatic rings. The molecule has 2 aromatic carbocycles. The van der Waals surface area contributed by atoms with E-state index in [4.69, 9.17) is 5.73 Å². The summed E-state index contributed by atoms with van der Waals surface area (Å²) in [5, 5.41) is 0. The molecule has 0 saturated heterocycles. The summed E-state index contributed by atoms with van der Waals surface area (Å²) < 4.78 is 38.0. The minimum atomic E-state index is -4.40. The number of benzene rings is 2. The van der Waals surface area contributed by atoms with Gasteiger partial charge in [-0.15, -0.1) is 0 Å². The number of hydrogen-bond donors (Lipinski definition) is 1. The van der Waals surface area contributed by atoms with Crippen LogP contribution in [0.3, 0.4) is 0 Å². The van der Waals surface area contributed by atoms with Crippen LogP contribution in [0.15, 0.2) is 72.8 Å². The second-order valence-corrected chi connectivity index (χ2v) is 6.15. The van der Waals surface area contributed by atoms with Crippen molar-refractivity contribution >= 4 is 12.0 Å². The van der Waals surface area contributed by atoms with Gasteiger partial charge in [0.2, 0.25) is 5.91 Å². The largest absolute Gasteiger partial charge is 0.416 e. The molecule has 28 heavy (non-hydrogen) atoms. The van der Waals surface area contributed by atoms with Crippen LogP contribution >= 0.6 is 0 Å². The average Bonchev–Trinajstić information content (AvgIpc) is 2.68. The van der Waals surface area contributed by atoms with Crippen LogP contribution in [0.4, 0.5) is 13.2 Å². The monoisotopic (exact) mass is 383 g/mol. The number of aromatic nitrogens is 2. The Morgan fingerprint density at radius 2 is 1.54 bits per heavy atom. The fourth-order valence-electron chi connectivity index (χ4n) is 2.66. The lowest BCUT2D eigenvalue weighted by Gasteiger charge is -2.08. The van der Waals surface area contributed by atoms with Crippen molar-refractivity contribution in [3.05, 3.63) is 89.5 Å². The molecule has 142 valence electrons. The van der Waals surface area contributed by atoms with E-state index in [2.05, 4.69) is 9.97 Å².